The Kier molecular flexibility index (Phi) is 7.68. The van der Waals surface area contributed by atoms with Gasteiger partial charge in [0, 0.05) is 45.1 Å². The first-order valence-corrected chi connectivity index (χ1v) is 15.0. The molecule has 0 spiro atoms. The van der Waals surface area contributed by atoms with Gasteiger partial charge in [0.2, 0.25) is 21.8 Å². The van der Waals surface area contributed by atoms with E-state index in [-0.39, 0.29) is 29.4 Å². The zero-order valence-electron chi connectivity index (χ0n) is 22.5. The summed E-state index contributed by atoms with van der Waals surface area (Å²) in [5, 5.41) is 3.33. The van der Waals surface area contributed by atoms with Crippen molar-refractivity contribution in [3.8, 4) is 22.5 Å². The minimum absolute atomic E-state index is 0.168. The zero-order valence-corrected chi connectivity index (χ0v) is 23.4. The highest BCUT2D eigenvalue weighted by Gasteiger charge is 2.38. The van der Waals surface area contributed by atoms with Crippen molar-refractivity contribution in [2.75, 3.05) is 44.2 Å². The van der Waals surface area contributed by atoms with Gasteiger partial charge in [-0.3, -0.25) is 4.90 Å². The summed E-state index contributed by atoms with van der Waals surface area (Å²) in [6.07, 6.45) is 0.352. The van der Waals surface area contributed by atoms with E-state index in [1.54, 1.807) is 12.1 Å². The van der Waals surface area contributed by atoms with Crippen LogP contribution >= 0.6 is 0 Å². The number of likely N-dealkylation sites (tertiary alicyclic amines) is 1. The topological polar surface area (TPSA) is 109 Å². The Morgan fingerprint density at radius 3 is 2.17 bits per heavy atom. The lowest BCUT2D eigenvalue weighted by atomic mass is 10.0. The second kappa shape index (κ2) is 11.4. The van der Waals surface area contributed by atoms with Crippen LogP contribution < -0.4 is 4.90 Å². The first-order chi connectivity index (χ1) is 20.2. The Balaban J connectivity index is 1.08. The number of benzene rings is 2. The summed E-state index contributed by atoms with van der Waals surface area (Å²) in [6, 6.07) is 15.3. The van der Waals surface area contributed by atoms with Crippen molar-refractivity contribution in [1.29, 1.82) is 0 Å². The number of hydrogen-bond donors (Lipinski definition) is 0. The Hall–Kier alpha value is -3.88. The maximum atomic E-state index is 13.4. The highest BCUT2D eigenvalue weighted by atomic mass is 32.2. The van der Waals surface area contributed by atoms with Crippen LogP contribution in [0.25, 0.3) is 22.5 Å². The fraction of sp³-hybridized carbons (Fsp3) is 0.357. The van der Waals surface area contributed by atoms with E-state index in [0.717, 1.165) is 30.8 Å². The summed E-state index contributed by atoms with van der Waals surface area (Å²) in [5.41, 5.74) is 3.42. The van der Waals surface area contributed by atoms with Crippen LogP contribution in [0.2, 0.25) is 0 Å². The largest absolute Gasteiger partial charge is 0.471 e. The van der Waals surface area contributed by atoms with Gasteiger partial charge in [-0.1, -0.05) is 35.5 Å². The van der Waals surface area contributed by atoms with Crippen LogP contribution in [0.4, 0.5) is 19.1 Å². The molecule has 2 aromatic heterocycles. The maximum absolute atomic E-state index is 13.4. The minimum Gasteiger partial charge on any atom is -0.338 e. The Morgan fingerprint density at radius 1 is 0.833 bits per heavy atom. The average molecular weight is 600 g/mol. The molecule has 42 heavy (non-hydrogen) atoms. The van der Waals surface area contributed by atoms with Crippen LogP contribution in [0.3, 0.4) is 0 Å². The second-order valence-electron chi connectivity index (χ2n) is 10.3. The molecule has 0 saturated carbocycles. The molecule has 14 heteroatoms. The third-order valence-corrected chi connectivity index (χ3v) is 9.36. The third-order valence-electron chi connectivity index (χ3n) is 7.44. The van der Waals surface area contributed by atoms with Gasteiger partial charge in [-0.05, 0) is 60.8 Å². The number of anilines is 1. The normalized spacial score (nSPS) is 17.2. The molecule has 2 saturated heterocycles. The Bertz CT molecular complexity index is 1630. The number of rotatable bonds is 7. The van der Waals surface area contributed by atoms with E-state index in [1.807, 2.05) is 29.2 Å². The summed E-state index contributed by atoms with van der Waals surface area (Å²) >= 11 is 0. The van der Waals surface area contributed by atoms with Gasteiger partial charge in [-0.15, -0.1) is 0 Å². The molecule has 2 aliphatic heterocycles. The summed E-state index contributed by atoms with van der Waals surface area (Å²) in [4.78, 5) is 16.2. The van der Waals surface area contributed by atoms with Gasteiger partial charge in [0.25, 0.3) is 0 Å². The monoisotopic (exact) mass is 599 g/mol. The second-order valence-corrected chi connectivity index (χ2v) is 12.2. The van der Waals surface area contributed by atoms with Gasteiger partial charge >= 0.3 is 12.1 Å². The molecule has 0 radical (unpaired) electrons. The van der Waals surface area contributed by atoms with Crippen molar-refractivity contribution in [3.63, 3.8) is 0 Å². The van der Waals surface area contributed by atoms with Crippen molar-refractivity contribution in [3.05, 3.63) is 72.4 Å². The molecule has 4 heterocycles. The van der Waals surface area contributed by atoms with Gasteiger partial charge in [-0.2, -0.15) is 22.5 Å². The van der Waals surface area contributed by atoms with Crippen molar-refractivity contribution >= 4 is 16.0 Å². The van der Waals surface area contributed by atoms with Gasteiger partial charge in [0.05, 0.1) is 10.5 Å². The average Bonchev–Trinajstić information content (AvgIpc) is 3.71. The first kappa shape index (κ1) is 28.2. The molecule has 2 aromatic carbocycles. The molecule has 0 unspecified atom stereocenters. The molecule has 0 aliphatic carbocycles. The minimum atomic E-state index is -4.74. The van der Waals surface area contributed by atoms with Crippen molar-refractivity contribution in [2.45, 2.75) is 30.5 Å². The predicted molar refractivity (Wildman–Crippen MR) is 148 cm³/mol. The van der Waals surface area contributed by atoms with E-state index in [9.17, 15) is 21.6 Å². The molecule has 2 fully saturated rings. The zero-order chi connectivity index (χ0) is 29.3. The molecule has 0 N–H and O–H groups in total. The molecule has 0 bridgehead atoms. The smallest absolute Gasteiger partial charge is 0.338 e. The van der Waals surface area contributed by atoms with E-state index in [0.29, 0.717) is 19.0 Å². The molecule has 0 amide bonds. The number of alkyl halides is 3. The molecular formula is C28H28F3N7O3S. The molecule has 10 nitrogen and oxygen atoms in total. The van der Waals surface area contributed by atoms with Crippen LogP contribution in [0, 0.1) is 0 Å². The molecule has 220 valence electrons. The molecule has 0 atom stereocenters. The standard InChI is InChI=1S/C28H28F3N7O3S/c29-28(30,31)26-34-25(35-41-26)23-17-32-27(33-18-23)37-12-14-38(15-13-37)42(39,40)24-8-6-21(7-9-24)22-5-3-4-20(16-22)19-36-10-1-2-11-36/h3-9,16-18H,1-2,10-15,19H2. The lowest BCUT2D eigenvalue weighted by Crippen LogP contribution is -2.49. The van der Waals surface area contributed by atoms with Crippen molar-refractivity contribution in [1.82, 2.24) is 29.3 Å². The lowest BCUT2D eigenvalue weighted by Gasteiger charge is -2.34. The summed E-state index contributed by atoms with van der Waals surface area (Å²) in [5.74, 6) is -1.40. The fourth-order valence-corrected chi connectivity index (χ4v) is 6.62. The van der Waals surface area contributed by atoms with Crippen LogP contribution in [-0.2, 0) is 22.7 Å². The van der Waals surface area contributed by atoms with Gasteiger partial charge in [0.1, 0.15) is 0 Å². The number of halogens is 3. The highest BCUT2D eigenvalue weighted by Crippen LogP contribution is 2.30. The molecular weight excluding hydrogens is 571 g/mol. The maximum Gasteiger partial charge on any atom is 0.471 e. The molecule has 4 aromatic rings. The summed E-state index contributed by atoms with van der Waals surface area (Å²) in [7, 11) is -3.70. The van der Waals surface area contributed by atoms with Gasteiger partial charge < -0.3 is 9.42 Å². The van der Waals surface area contributed by atoms with Crippen LogP contribution in [-0.4, -0.2) is 77.0 Å². The Labute approximate surface area is 240 Å². The first-order valence-electron chi connectivity index (χ1n) is 13.6. The van der Waals surface area contributed by atoms with Crippen LogP contribution in [0.15, 0.2) is 70.3 Å². The van der Waals surface area contributed by atoms with E-state index in [1.165, 1.54) is 35.1 Å². The number of aromatic nitrogens is 4. The van der Waals surface area contributed by atoms with Crippen LogP contribution in [0.5, 0.6) is 0 Å². The Morgan fingerprint density at radius 2 is 1.52 bits per heavy atom. The van der Waals surface area contributed by atoms with E-state index in [2.05, 4.69) is 41.7 Å². The van der Waals surface area contributed by atoms with E-state index < -0.39 is 22.1 Å². The number of sulfonamides is 1. The number of nitrogens with zero attached hydrogens (tertiary/aromatic N) is 7. The molecule has 2 aliphatic rings. The number of piperazine rings is 1. The lowest BCUT2D eigenvalue weighted by molar-refractivity contribution is -0.159. The predicted octanol–water partition coefficient (Wildman–Crippen LogP) is 4.32. The highest BCUT2D eigenvalue weighted by molar-refractivity contribution is 7.89. The summed E-state index contributed by atoms with van der Waals surface area (Å²) in [6.45, 7) is 4.33. The quantitative estimate of drug-likeness (QED) is 0.307. The third kappa shape index (κ3) is 6.01. The SMILES string of the molecule is O=S(=O)(c1ccc(-c2cccc(CN3CCCC3)c2)cc1)N1CCN(c2ncc(-c3noc(C(F)(F)F)n3)cn2)CC1. The van der Waals surface area contributed by atoms with Crippen molar-refractivity contribution < 1.29 is 26.1 Å². The van der Waals surface area contributed by atoms with Gasteiger partial charge in [0.15, 0.2) is 0 Å². The van der Waals surface area contributed by atoms with Crippen molar-refractivity contribution in [2.24, 2.45) is 0 Å². The summed E-state index contributed by atoms with van der Waals surface area (Å²) < 4.78 is 70.6. The fourth-order valence-electron chi connectivity index (χ4n) is 5.20. The number of hydrogen-bond acceptors (Lipinski definition) is 9. The van der Waals surface area contributed by atoms with E-state index in [4.69, 9.17) is 0 Å². The molecule has 6 rings (SSSR count). The van der Waals surface area contributed by atoms with Crippen LogP contribution in [0.1, 0.15) is 24.3 Å². The van der Waals surface area contributed by atoms with Gasteiger partial charge in [-0.25, -0.2) is 18.4 Å². The van der Waals surface area contributed by atoms with E-state index >= 15 is 0 Å².